The number of sulfonamides is 1. The van der Waals surface area contributed by atoms with Gasteiger partial charge in [0.1, 0.15) is 9.64 Å². The average molecular weight is 358 g/mol. The Kier molecular flexibility index (Phi) is 4.38. The summed E-state index contributed by atoms with van der Waals surface area (Å²) in [4.78, 5) is -0.0741. The number of nitrogens with one attached hydrogen (secondary N) is 1. The lowest BCUT2D eigenvalue weighted by atomic mass is 10.0. The first kappa shape index (κ1) is 18.0. The zero-order valence-corrected chi connectivity index (χ0v) is 15.3. The van der Waals surface area contributed by atoms with Crippen LogP contribution in [0.1, 0.15) is 34.1 Å². The van der Waals surface area contributed by atoms with Gasteiger partial charge in [0.25, 0.3) is 0 Å². The summed E-state index contributed by atoms with van der Waals surface area (Å²) in [5.41, 5.74) is -0.650. The summed E-state index contributed by atoms with van der Waals surface area (Å²) in [5.74, 6) is 0. The second-order valence-corrected chi connectivity index (χ2v) is 10.8. The van der Waals surface area contributed by atoms with E-state index < -0.39 is 30.3 Å². The number of rotatable bonds is 4. The maximum absolute atomic E-state index is 12.8. The molecule has 1 aliphatic rings. The van der Waals surface area contributed by atoms with Gasteiger partial charge in [-0.25, -0.2) is 21.6 Å². The van der Waals surface area contributed by atoms with Crippen LogP contribution in [0.25, 0.3) is 0 Å². The first-order valence-corrected chi connectivity index (χ1v) is 10.1. The molecule has 1 aliphatic carbocycles. The molecular formula is C15H22N2O4S2. The van der Waals surface area contributed by atoms with E-state index in [-0.39, 0.29) is 4.90 Å². The van der Waals surface area contributed by atoms with E-state index in [0.29, 0.717) is 6.42 Å². The third kappa shape index (κ3) is 3.59. The molecule has 1 atom stereocenters. The molecule has 1 N–H and O–H groups in total. The first-order valence-electron chi connectivity index (χ1n) is 7.19. The highest BCUT2D eigenvalue weighted by molar-refractivity contribution is 7.91. The van der Waals surface area contributed by atoms with Crippen LogP contribution in [0.4, 0.5) is 0 Å². The van der Waals surface area contributed by atoms with Crippen molar-refractivity contribution in [2.45, 2.75) is 49.3 Å². The van der Waals surface area contributed by atoms with E-state index in [4.69, 9.17) is 0 Å². The maximum Gasteiger partial charge on any atom is 0.247 e. The van der Waals surface area contributed by atoms with Gasteiger partial charge in [0, 0.05) is 17.9 Å². The van der Waals surface area contributed by atoms with E-state index in [0.717, 1.165) is 10.2 Å². The monoisotopic (exact) mass is 358 g/mol. The van der Waals surface area contributed by atoms with Crippen LogP contribution in [-0.4, -0.2) is 31.1 Å². The van der Waals surface area contributed by atoms with E-state index in [1.807, 2.05) is 0 Å². The molecular weight excluding hydrogens is 336 g/mol. The fourth-order valence-electron chi connectivity index (χ4n) is 2.27. The SMILES string of the molecule is CC(C)(C)NS(=O)(=O)c1ccn(S(=O)(=O)C2(C)C=CC=CC2)c1. The topological polar surface area (TPSA) is 85.2 Å². The molecule has 0 aromatic carbocycles. The lowest BCUT2D eigenvalue weighted by molar-refractivity contribution is 0.491. The van der Waals surface area contributed by atoms with Crippen LogP contribution in [0.2, 0.25) is 0 Å². The normalized spacial score (nSPS) is 22.4. The summed E-state index contributed by atoms with van der Waals surface area (Å²) >= 11 is 0. The van der Waals surface area contributed by atoms with E-state index in [1.54, 1.807) is 52.0 Å². The summed E-state index contributed by atoms with van der Waals surface area (Å²) in [6, 6.07) is 1.29. The van der Waals surface area contributed by atoms with Crippen LogP contribution in [0.5, 0.6) is 0 Å². The predicted octanol–water partition coefficient (Wildman–Crippen LogP) is 2.02. The van der Waals surface area contributed by atoms with Gasteiger partial charge in [0.15, 0.2) is 0 Å². The summed E-state index contributed by atoms with van der Waals surface area (Å²) in [5, 5.41) is 0. The molecule has 1 unspecified atom stereocenters. The van der Waals surface area contributed by atoms with Gasteiger partial charge >= 0.3 is 0 Å². The Morgan fingerprint density at radius 3 is 2.35 bits per heavy atom. The summed E-state index contributed by atoms with van der Waals surface area (Å²) in [6.07, 6.45) is 9.61. The molecule has 1 aromatic heterocycles. The van der Waals surface area contributed by atoms with Crippen LogP contribution >= 0.6 is 0 Å². The molecule has 6 nitrogen and oxygen atoms in total. The maximum atomic E-state index is 12.8. The van der Waals surface area contributed by atoms with Gasteiger partial charge < -0.3 is 0 Å². The Bertz CT molecular complexity index is 856. The highest BCUT2D eigenvalue weighted by Crippen LogP contribution is 2.29. The van der Waals surface area contributed by atoms with Crippen molar-refractivity contribution >= 4 is 20.0 Å². The van der Waals surface area contributed by atoms with Crippen molar-refractivity contribution in [3.05, 3.63) is 42.8 Å². The van der Waals surface area contributed by atoms with Crippen LogP contribution in [-0.2, 0) is 20.0 Å². The molecule has 0 saturated heterocycles. The number of nitrogens with zero attached hydrogens (tertiary/aromatic N) is 1. The molecule has 0 radical (unpaired) electrons. The highest BCUT2D eigenvalue weighted by atomic mass is 32.2. The third-order valence-corrected chi connectivity index (χ3v) is 7.48. The van der Waals surface area contributed by atoms with Crippen molar-refractivity contribution in [2.24, 2.45) is 0 Å². The van der Waals surface area contributed by atoms with Gasteiger partial charge in [0.2, 0.25) is 20.0 Å². The van der Waals surface area contributed by atoms with Crippen LogP contribution in [0, 0.1) is 0 Å². The summed E-state index contributed by atoms with van der Waals surface area (Å²) in [6.45, 7) is 6.78. The molecule has 0 bridgehead atoms. The van der Waals surface area contributed by atoms with Crippen molar-refractivity contribution in [1.82, 2.24) is 8.69 Å². The molecule has 128 valence electrons. The molecule has 0 saturated carbocycles. The van der Waals surface area contributed by atoms with Crippen molar-refractivity contribution in [3.63, 3.8) is 0 Å². The Labute approximate surface area is 138 Å². The van der Waals surface area contributed by atoms with E-state index in [2.05, 4.69) is 4.72 Å². The lowest BCUT2D eigenvalue weighted by Crippen LogP contribution is -2.40. The van der Waals surface area contributed by atoms with E-state index >= 15 is 0 Å². The van der Waals surface area contributed by atoms with Crippen molar-refractivity contribution in [1.29, 1.82) is 0 Å². The lowest BCUT2D eigenvalue weighted by Gasteiger charge is -2.26. The van der Waals surface area contributed by atoms with E-state index in [1.165, 1.54) is 12.3 Å². The minimum atomic E-state index is -3.78. The molecule has 1 aromatic rings. The van der Waals surface area contributed by atoms with Gasteiger partial charge in [0.05, 0.1) is 0 Å². The molecule has 8 heteroatoms. The molecule has 2 rings (SSSR count). The zero-order chi connectivity index (χ0) is 17.5. The standard InChI is InChI=1S/C15H22N2O4S2/c1-14(2,3)16-22(18,19)13-8-11-17(12-13)23(20,21)15(4)9-6-5-7-10-15/h5-9,11-12,16H,10H2,1-4H3. The van der Waals surface area contributed by atoms with Crippen LogP contribution in [0.3, 0.4) is 0 Å². The zero-order valence-electron chi connectivity index (χ0n) is 13.6. The van der Waals surface area contributed by atoms with Crippen molar-refractivity contribution in [3.8, 4) is 0 Å². The quantitative estimate of drug-likeness (QED) is 0.892. The Morgan fingerprint density at radius 2 is 1.83 bits per heavy atom. The van der Waals surface area contributed by atoms with Crippen molar-refractivity contribution < 1.29 is 16.8 Å². The minimum absolute atomic E-state index is 0.0741. The van der Waals surface area contributed by atoms with Gasteiger partial charge in [-0.15, -0.1) is 0 Å². The third-order valence-electron chi connectivity index (χ3n) is 3.48. The van der Waals surface area contributed by atoms with Gasteiger partial charge in [-0.1, -0.05) is 24.3 Å². The minimum Gasteiger partial charge on any atom is -0.251 e. The predicted molar refractivity (Wildman–Crippen MR) is 90.1 cm³/mol. The van der Waals surface area contributed by atoms with Gasteiger partial charge in [-0.2, -0.15) is 0 Å². The fourth-order valence-corrected chi connectivity index (χ4v) is 5.26. The number of aromatic nitrogens is 1. The number of allylic oxidation sites excluding steroid dienone is 3. The van der Waals surface area contributed by atoms with Crippen molar-refractivity contribution in [2.75, 3.05) is 0 Å². The van der Waals surface area contributed by atoms with Crippen LogP contribution < -0.4 is 4.72 Å². The molecule has 0 amide bonds. The molecule has 0 spiro atoms. The Hall–Kier alpha value is -1.38. The Morgan fingerprint density at radius 1 is 1.17 bits per heavy atom. The fraction of sp³-hybridized carbons (Fsp3) is 0.467. The Balaban J connectivity index is 2.40. The largest absolute Gasteiger partial charge is 0.251 e. The number of hydrogen-bond donors (Lipinski definition) is 1. The highest BCUT2D eigenvalue weighted by Gasteiger charge is 2.38. The smallest absolute Gasteiger partial charge is 0.247 e. The summed E-state index contributed by atoms with van der Waals surface area (Å²) in [7, 11) is -7.53. The second-order valence-electron chi connectivity index (χ2n) is 6.84. The molecule has 1 heterocycles. The molecule has 0 aliphatic heterocycles. The van der Waals surface area contributed by atoms with Crippen LogP contribution in [0.15, 0.2) is 47.7 Å². The van der Waals surface area contributed by atoms with Gasteiger partial charge in [-0.3, -0.25) is 3.97 Å². The molecule has 0 fully saturated rings. The second kappa shape index (κ2) is 5.61. The summed E-state index contributed by atoms with van der Waals surface area (Å²) < 4.78 is 52.6. The molecule has 23 heavy (non-hydrogen) atoms. The first-order chi connectivity index (χ1) is 10.4. The number of hydrogen-bond acceptors (Lipinski definition) is 4. The average Bonchev–Trinajstić information content (AvgIpc) is 2.87. The van der Waals surface area contributed by atoms with E-state index in [9.17, 15) is 16.8 Å². The van der Waals surface area contributed by atoms with Gasteiger partial charge in [-0.05, 0) is 40.2 Å².